The van der Waals surface area contributed by atoms with Gasteiger partial charge in [0.15, 0.2) is 0 Å². The van der Waals surface area contributed by atoms with Crippen molar-refractivity contribution in [2.24, 2.45) is 12.5 Å². The summed E-state index contributed by atoms with van der Waals surface area (Å²) in [6.45, 7) is 8.27. The molecular formula is C24H34N4. The average Bonchev–Trinajstić information content (AvgIpc) is 3.50. The van der Waals surface area contributed by atoms with Crippen LogP contribution in [0.15, 0.2) is 36.5 Å². The third-order valence-corrected chi connectivity index (χ3v) is 7.43. The number of aryl methyl sites for hydroxylation is 2. The lowest BCUT2D eigenvalue weighted by Gasteiger charge is -2.50. The number of likely N-dealkylation sites (tertiary alicyclic amines) is 2. The van der Waals surface area contributed by atoms with Crippen LogP contribution in [-0.4, -0.2) is 51.8 Å². The molecule has 1 aliphatic carbocycles. The minimum Gasteiger partial charge on any atom is -0.299 e. The first-order valence-corrected chi connectivity index (χ1v) is 11.1. The van der Waals surface area contributed by atoms with E-state index >= 15 is 0 Å². The first-order chi connectivity index (χ1) is 13.6. The van der Waals surface area contributed by atoms with Crippen molar-refractivity contribution in [3.8, 4) is 0 Å². The Bertz CT molecular complexity index is 799. The highest BCUT2D eigenvalue weighted by molar-refractivity contribution is 5.22. The van der Waals surface area contributed by atoms with Crippen molar-refractivity contribution >= 4 is 0 Å². The molecule has 0 radical (unpaired) electrons. The topological polar surface area (TPSA) is 24.3 Å². The molecule has 2 aromatic rings. The molecule has 28 heavy (non-hydrogen) atoms. The summed E-state index contributed by atoms with van der Waals surface area (Å²) >= 11 is 0. The van der Waals surface area contributed by atoms with Crippen LogP contribution in [0.4, 0.5) is 0 Å². The van der Waals surface area contributed by atoms with Crippen molar-refractivity contribution in [2.45, 2.75) is 57.5 Å². The zero-order valence-corrected chi connectivity index (χ0v) is 17.5. The van der Waals surface area contributed by atoms with Gasteiger partial charge in [-0.3, -0.25) is 14.5 Å². The summed E-state index contributed by atoms with van der Waals surface area (Å²) in [5, 5.41) is 4.52. The van der Waals surface area contributed by atoms with Crippen LogP contribution < -0.4 is 0 Å². The molecule has 1 aromatic carbocycles. The third kappa shape index (κ3) is 3.77. The second-order valence-corrected chi connectivity index (χ2v) is 9.66. The maximum absolute atomic E-state index is 4.52. The first kappa shape index (κ1) is 18.4. The van der Waals surface area contributed by atoms with Gasteiger partial charge in [-0.25, -0.2) is 0 Å². The van der Waals surface area contributed by atoms with Crippen LogP contribution in [0.3, 0.4) is 0 Å². The van der Waals surface area contributed by atoms with Crippen LogP contribution in [0.2, 0.25) is 0 Å². The van der Waals surface area contributed by atoms with Gasteiger partial charge >= 0.3 is 0 Å². The molecule has 1 atom stereocenters. The molecule has 1 saturated carbocycles. The molecule has 0 N–H and O–H groups in total. The molecule has 1 aromatic heterocycles. The molecule has 0 bridgehead atoms. The molecule has 1 spiro atoms. The maximum Gasteiger partial charge on any atom is 0.0638 e. The highest BCUT2D eigenvalue weighted by Gasteiger charge is 2.45. The standard InChI is InChI=1S/C24H34N4/c1-19-22(15-26(2)25-19)16-27-12-10-24(11-13-27)14-21(20-6-4-3-5-7-20)17-28(18-24)23-8-9-23/h3-7,15,21,23H,8-14,16-18H2,1-2H3. The van der Waals surface area contributed by atoms with Gasteiger partial charge < -0.3 is 0 Å². The minimum absolute atomic E-state index is 0.516. The fraction of sp³-hybridized carbons (Fsp3) is 0.625. The Labute approximate surface area is 169 Å². The number of benzene rings is 1. The molecule has 3 heterocycles. The molecule has 1 unspecified atom stereocenters. The Balaban J connectivity index is 1.28. The molecule has 3 aliphatic rings. The molecule has 5 rings (SSSR count). The van der Waals surface area contributed by atoms with E-state index in [0.717, 1.165) is 12.6 Å². The summed E-state index contributed by atoms with van der Waals surface area (Å²) < 4.78 is 1.95. The predicted octanol–water partition coefficient (Wildman–Crippen LogP) is 3.96. The fourth-order valence-electron chi connectivity index (χ4n) is 5.69. The third-order valence-electron chi connectivity index (χ3n) is 7.43. The van der Waals surface area contributed by atoms with Gasteiger partial charge in [0.2, 0.25) is 0 Å². The number of rotatable bonds is 4. The van der Waals surface area contributed by atoms with Crippen molar-refractivity contribution in [3.63, 3.8) is 0 Å². The second kappa shape index (κ2) is 7.31. The predicted molar refractivity (Wildman–Crippen MR) is 113 cm³/mol. The Morgan fingerprint density at radius 2 is 1.86 bits per heavy atom. The lowest BCUT2D eigenvalue weighted by Crippen LogP contribution is -2.52. The number of aromatic nitrogens is 2. The quantitative estimate of drug-likeness (QED) is 0.805. The molecule has 3 fully saturated rings. The van der Waals surface area contributed by atoms with Gasteiger partial charge in [0, 0.05) is 44.5 Å². The van der Waals surface area contributed by atoms with E-state index < -0.39 is 0 Å². The van der Waals surface area contributed by atoms with Gasteiger partial charge in [-0.05, 0) is 69.0 Å². The first-order valence-electron chi connectivity index (χ1n) is 11.1. The SMILES string of the molecule is Cc1nn(C)cc1CN1CCC2(CC1)CC(c1ccccc1)CN(C1CC1)C2. The van der Waals surface area contributed by atoms with E-state index in [4.69, 9.17) is 0 Å². The molecule has 4 heteroatoms. The van der Waals surface area contributed by atoms with Crippen molar-refractivity contribution in [1.29, 1.82) is 0 Å². The second-order valence-electron chi connectivity index (χ2n) is 9.66. The number of piperidine rings is 2. The van der Waals surface area contributed by atoms with Crippen LogP contribution in [0, 0.1) is 12.3 Å². The Kier molecular flexibility index (Phi) is 4.80. The van der Waals surface area contributed by atoms with Crippen molar-refractivity contribution in [3.05, 3.63) is 53.3 Å². The van der Waals surface area contributed by atoms with E-state index in [-0.39, 0.29) is 0 Å². The summed E-state index contributed by atoms with van der Waals surface area (Å²) in [7, 11) is 2.03. The van der Waals surface area contributed by atoms with Gasteiger partial charge in [0.05, 0.1) is 5.69 Å². The molecular weight excluding hydrogens is 344 g/mol. The largest absolute Gasteiger partial charge is 0.299 e. The van der Waals surface area contributed by atoms with Gasteiger partial charge in [-0.15, -0.1) is 0 Å². The number of hydrogen-bond acceptors (Lipinski definition) is 3. The number of hydrogen-bond donors (Lipinski definition) is 0. The lowest BCUT2D eigenvalue weighted by molar-refractivity contribution is 0.00826. The van der Waals surface area contributed by atoms with E-state index in [9.17, 15) is 0 Å². The molecule has 2 saturated heterocycles. The highest BCUT2D eigenvalue weighted by Crippen LogP contribution is 2.47. The van der Waals surface area contributed by atoms with E-state index in [0.29, 0.717) is 11.3 Å². The van der Waals surface area contributed by atoms with Crippen molar-refractivity contribution in [2.75, 3.05) is 26.2 Å². The van der Waals surface area contributed by atoms with E-state index in [2.05, 4.69) is 58.4 Å². The van der Waals surface area contributed by atoms with Crippen molar-refractivity contribution in [1.82, 2.24) is 19.6 Å². The summed E-state index contributed by atoms with van der Waals surface area (Å²) in [5.74, 6) is 0.711. The van der Waals surface area contributed by atoms with E-state index in [1.165, 1.54) is 69.5 Å². The van der Waals surface area contributed by atoms with Gasteiger partial charge in [-0.2, -0.15) is 5.10 Å². The lowest BCUT2D eigenvalue weighted by atomic mass is 9.68. The normalized spacial score (nSPS) is 26.0. The van der Waals surface area contributed by atoms with Crippen LogP contribution in [0.1, 0.15) is 54.8 Å². The highest BCUT2D eigenvalue weighted by atomic mass is 15.3. The molecule has 4 nitrogen and oxygen atoms in total. The smallest absolute Gasteiger partial charge is 0.0638 e. The van der Waals surface area contributed by atoms with Gasteiger partial charge in [0.25, 0.3) is 0 Å². The van der Waals surface area contributed by atoms with Crippen molar-refractivity contribution < 1.29 is 0 Å². The Morgan fingerprint density at radius 1 is 1.11 bits per heavy atom. The fourth-order valence-corrected chi connectivity index (χ4v) is 5.69. The van der Waals surface area contributed by atoms with Crippen LogP contribution in [0.5, 0.6) is 0 Å². The summed E-state index contributed by atoms with van der Waals surface area (Å²) in [6, 6.07) is 12.2. The molecule has 0 amide bonds. The number of nitrogens with zero attached hydrogens (tertiary/aromatic N) is 4. The van der Waals surface area contributed by atoms with Crippen LogP contribution >= 0.6 is 0 Å². The van der Waals surface area contributed by atoms with Gasteiger partial charge in [0.1, 0.15) is 0 Å². The zero-order chi connectivity index (χ0) is 19.1. The average molecular weight is 379 g/mol. The Hall–Kier alpha value is -1.65. The summed E-state index contributed by atoms with van der Waals surface area (Å²) in [5.41, 5.74) is 4.65. The Morgan fingerprint density at radius 3 is 2.50 bits per heavy atom. The maximum atomic E-state index is 4.52. The summed E-state index contributed by atoms with van der Waals surface area (Å²) in [6.07, 6.45) is 9.10. The zero-order valence-electron chi connectivity index (χ0n) is 17.5. The van der Waals surface area contributed by atoms with Crippen LogP contribution in [-0.2, 0) is 13.6 Å². The molecule has 150 valence electrons. The van der Waals surface area contributed by atoms with E-state index in [1.807, 2.05) is 11.7 Å². The van der Waals surface area contributed by atoms with Crippen LogP contribution in [0.25, 0.3) is 0 Å². The summed E-state index contributed by atoms with van der Waals surface area (Å²) in [4.78, 5) is 5.50. The van der Waals surface area contributed by atoms with E-state index in [1.54, 1.807) is 5.56 Å². The van der Waals surface area contributed by atoms with Gasteiger partial charge in [-0.1, -0.05) is 30.3 Å². The monoisotopic (exact) mass is 378 g/mol. The minimum atomic E-state index is 0.516. The molecule has 2 aliphatic heterocycles.